The van der Waals surface area contributed by atoms with E-state index in [1.807, 2.05) is 0 Å². The molecule has 0 spiro atoms. The molecule has 0 unspecified atom stereocenters. The van der Waals surface area contributed by atoms with Crippen LogP contribution in [0.2, 0.25) is 0 Å². The molecule has 0 saturated carbocycles. The van der Waals surface area contributed by atoms with E-state index in [1.165, 1.54) is 165 Å². The van der Waals surface area contributed by atoms with Crippen LogP contribution in [0.25, 0.3) is 177 Å². The van der Waals surface area contributed by atoms with Gasteiger partial charge >= 0.3 is 0 Å². The summed E-state index contributed by atoms with van der Waals surface area (Å²) in [5.74, 6) is 0. The number of hydrogen-bond donors (Lipinski definition) is 0. The number of fused-ring (bicyclic) bond motifs is 12. The van der Waals surface area contributed by atoms with Gasteiger partial charge in [-0.1, -0.05) is 267 Å². The van der Waals surface area contributed by atoms with Gasteiger partial charge in [-0.25, -0.2) is 0 Å². The Labute approximate surface area is 579 Å². The van der Waals surface area contributed by atoms with Gasteiger partial charge in [0.2, 0.25) is 0 Å². The van der Waals surface area contributed by atoms with Crippen molar-refractivity contribution >= 4 is 87.2 Å². The molecule has 468 valence electrons. The molecule has 20 aromatic rings. The number of nitrogens with zero attached hydrogens (tertiary/aromatic N) is 4. The molecule has 4 aromatic heterocycles. The van der Waals surface area contributed by atoms with Gasteiger partial charge in [0.05, 0.1) is 44.1 Å². The van der Waals surface area contributed by atoms with E-state index < -0.39 is 0 Å². The fourth-order valence-corrected chi connectivity index (χ4v) is 15.6. The summed E-state index contributed by atoms with van der Waals surface area (Å²) in [6.07, 6.45) is 0. The second-order valence-electron chi connectivity index (χ2n) is 26.0. The van der Waals surface area contributed by atoms with Crippen molar-refractivity contribution < 1.29 is 0 Å². The zero-order valence-electron chi connectivity index (χ0n) is 54.7. The maximum atomic E-state index is 2.41. The molecule has 0 bridgehead atoms. The third-order valence-corrected chi connectivity index (χ3v) is 20.3. The molecule has 0 saturated heterocycles. The Kier molecular flexibility index (Phi) is 14.2. The van der Waals surface area contributed by atoms with Crippen molar-refractivity contribution in [3.8, 4) is 89.5 Å². The molecule has 20 rings (SSSR count). The molecule has 0 amide bonds. The largest absolute Gasteiger partial charge is 0.309 e. The van der Waals surface area contributed by atoms with Crippen molar-refractivity contribution in [2.45, 2.75) is 0 Å². The Morgan fingerprint density at radius 1 is 0.120 bits per heavy atom. The lowest BCUT2D eigenvalue weighted by atomic mass is 9.94. The highest BCUT2D eigenvalue weighted by molar-refractivity contribution is 6.15. The van der Waals surface area contributed by atoms with Crippen molar-refractivity contribution in [1.29, 1.82) is 0 Å². The first-order valence-electron chi connectivity index (χ1n) is 34.4. The van der Waals surface area contributed by atoms with Crippen LogP contribution in [0.3, 0.4) is 0 Å². The van der Waals surface area contributed by atoms with Crippen LogP contribution in [0.4, 0.5) is 0 Å². The smallest absolute Gasteiger partial charge is 0.0541 e. The van der Waals surface area contributed by atoms with Gasteiger partial charge in [0.25, 0.3) is 0 Å². The van der Waals surface area contributed by atoms with Gasteiger partial charge in [-0.2, -0.15) is 0 Å². The molecule has 0 aliphatic carbocycles. The lowest BCUT2D eigenvalue weighted by Gasteiger charge is -2.12. The first-order valence-corrected chi connectivity index (χ1v) is 34.4. The van der Waals surface area contributed by atoms with Gasteiger partial charge in [-0.05, 0) is 188 Å². The second-order valence-corrected chi connectivity index (χ2v) is 26.0. The molecule has 0 fully saturated rings. The summed E-state index contributed by atoms with van der Waals surface area (Å²) < 4.78 is 9.55. The molecule has 100 heavy (non-hydrogen) atoms. The van der Waals surface area contributed by atoms with E-state index in [0.29, 0.717) is 0 Å². The maximum Gasteiger partial charge on any atom is 0.0541 e. The summed E-state index contributed by atoms with van der Waals surface area (Å²) in [5, 5.41) is 10.1. The molecule has 4 nitrogen and oxygen atoms in total. The van der Waals surface area contributed by atoms with Crippen LogP contribution in [0.1, 0.15) is 0 Å². The normalized spacial score (nSPS) is 11.6. The van der Waals surface area contributed by atoms with E-state index in [1.54, 1.807) is 0 Å². The zero-order valence-corrected chi connectivity index (χ0v) is 54.7. The van der Waals surface area contributed by atoms with Gasteiger partial charge in [0.1, 0.15) is 0 Å². The lowest BCUT2D eigenvalue weighted by molar-refractivity contribution is 1.18. The monoisotopic (exact) mass is 1270 g/mol. The summed E-state index contributed by atoms with van der Waals surface area (Å²) in [7, 11) is 0. The van der Waals surface area contributed by atoms with E-state index in [9.17, 15) is 0 Å². The third-order valence-electron chi connectivity index (χ3n) is 20.3. The molecule has 0 aliphatic heterocycles. The SMILES string of the molecule is c1ccc(-c2ccc(-c3cccc(-n4c5ccccc5c5cc(-c6ccc7c(c6)c6ccccc6n7-c6ccccc6)ccc54)c3)cc2)cc1.c1ccc(-c2ccccc2-c2ccc(-n3c4ccccc4c4cc(-c5ccc6c(c5)c5ccccc5n6-c5ccccc5)ccc43)cc2)cc1. The first-order chi connectivity index (χ1) is 49.6. The van der Waals surface area contributed by atoms with E-state index in [-0.39, 0.29) is 0 Å². The average Bonchev–Trinajstić information content (AvgIpc) is 1.60. The summed E-state index contributed by atoms with van der Waals surface area (Å²) in [6.45, 7) is 0. The predicted octanol–water partition coefficient (Wildman–Crippen LogP) is 25.8. The summed E-state index contributed by atoms with van der Waals surface area (Å²) in [5.41, 5.74) is 29.0. The van der Waals surface area contributed by atoms with Gasteiger partial charge in [0, 0.05) is 65.8 Å². The van der Waals surface area contributed by atoms with E-state index >= 15 is 0 Å². The first kappa shape index (κ1) is 58.1. The van der Waals surface area contributed by atoms with Crippen LogP contribution in [0.15, 0.2) is 388 Å². The van der Waals surface area contributed by atoms with Crippen LogP contribution >= 0.6 is 0 Å². The fraction of sp³-hybridized carbons (Fsp3) is 0. The van der Waals surface area contributed by atoms with Crippen LogP contribution < -0.4 is 0 Å². The van der Waals surface area contributed by atoms with Gasteiger partial charge < -0.3 is 18.3 Å². The number of para-hydroxylation sites is 6. The van der Waals surface area contributed by atoms with Crippen LogP contribution in [-0.4, -0.2) is 18.3 Å². The number of rotatable bonds is 10. The van der Waals surface area contributed by atoms with Crippen LogP contribution in [-0.2, 0) is 0 Å². The highest BCUT2D eigenvalue weighted by atomic mass is 15.0. The maximum absolute atomic E-state index is 2.41. The fourth-order valence-electron chi connectivity index (χ4n) is 15.6. The van der Waals surface area contributed by atoms with E-state index in [4.69, 9.17) is 0 Å². The molecular formula is C96H64N4. The number of benzene rings is 16. The summed E-state index contributed by atoms with van der Waals surface area (Å²) in [4.78, 5) is 0. The quantitative estimate of drug-likeness (QED) is 0.130. The molecule has 0 aliphatic rings. The molecule has 0 N–H and O–H groups in total. The second kappa shape index (κ2) is 24.4. The molecule has 0 radical (unpaired) electrons. The van der Waals surface area contributed by atoms with Gasteiger partial charge in [-0.3, -0.25) is 0 Å². The Hall–Kier alpha value is -13.3. The topological polar surface area (TPSA) is 19.7 Å². The van der Waals surface area contributed by atoms with Gasteiger partial charge in [0.15, 0.2) is 0 Å². The van der Waals surface area contributed by atoms with Crippen molar-refractivity contribution in [2.24, 2.45) is 0 Å². The van der Waals surface area contributed by atoms with E-state index in [2.05, 4.69) is 407 Å². The van der Waals surface area contributed by atoms with Crippen molar-refractivity contribution in [1.82, 2.24) is 18.3 Å². The lowest BCUT2D eigenvalue weighted by Crippen LogP contribution is -1.94. The van der Waals surface area contributed by atoms with Crippen molar-refractivity contribution in [3.05, 3.63) is 388 Å². The Balaban J connectivity index is 0.000000139. The van der Waals surface area contributed by atoms with Crippen LogP contribution in [0, 0.1) is 0 Å². The molecule has 4 heterocycles. The molecular weight excluding hydrogens is 1210 g/mol. The zero-order chi connectivity index (χ0) is 66.0. The minimum absolute atomic E-state index is 1.15. The van der Waals surface area contributed by atoms with Crippen LogP contribution in [0.5, 0.6) is 0 Å². The highest BCUT2D eigenvalue weighted by Crippen LogP contribution is 2.43. The van der Waals surface area contributed by atoms with E-state index in [0.717, 1.165) is 11.4 Å². The average molecular weight is 1270 g/mol. The Morgan fingerprint density at radius 3 is 0.740 bits per heavy atom. The van der Waals surface area contributed by atoms with Gasteiger partial charge in [-0.15, -0.1) is 0 Å². The van der Waals surface area contributed by atoms with Crippen molar-refractivity contribution in [2.75, 3.05) is 0 Å². The highest BCUT2D eigenvalue weighted by Gasteiger charge is 2.20. The molecule has 4 heteroatoms. The summed E-state index contributed by atoms with van der Waals surface area (Å²) >= 11 is 0. The minimum Gasteiger partial charge on any atom is -0.309 e. The predicted molar refractivity (Wildman–Crippen MR) is 423 cm³/mol. The Bertz CT molecular complexity index is 6470. The molecule has 0 atom stereocenters. The standard InChI is InChI=1S/2C48H32N2/c1-3-12-33(13-4-1)34-22-24-35(25-23-34)36-14-11-17-40(30-36)50-46-21-10-8-19-42(46)44-32-38(27-29-48(44)50)37-26-28-47-43(31-37)41-18-7-9-20-45(41)49(47)39-15-5-2-6-16-39;1-3-13-33(14-4-1)39-17-7-8-18-40(39)34-23-27-38(28-24-34)50-46-22-12-10-20-42(46)44-32-36(26-30-48(44)50)35-25-29-47-43(31-35)41-19-9-11-21-45(41)49(47)37-15-5-2-6-16-37/h2*1-32H. The minimum atomic E-state index is 1.15. The summed E-state index contributed by atoms with van der Waals surface area (Å²) in [6, 6.07) is 141. The molecule has 16 aromatic carbocycles. The number of aromatic nitrogens is 4. The van der Waals surface area contributed by atoms with Crippen molar-refractivity contribution in [3.63, 3.8) is 0 Å². The third kappa shape index (κ3) is 10.00. The Morgan fingerprint density at radius 2 is 0.350 bits per heavy atom. The number of hydrogen-bond acceptors (Lipinski definition) is 0.